The normalized spacial score (nSPS) is 17.5. The van der Waals surface area contributed by atoms with Crippen LogP contribution in [0.15, 0.2) is 30.3 Å². The van der Waals surface area contributed by atoms with Gasteiger partial charge in [0.05, 0.1) is 11.4 Å². The smallest absolute Gasteiger partial charge is 0.329 e. The Morgan fingerprint density at radius 2 is 1.88 bits per heavy atom. The van der Waals surface area contributed by atoms with E-state index in [4.69, 9.17) is 0 Å². The highest BCUT2D eigenvalue weighted by atomic mass is 32.2. The molecule has 0 saturated carbocycles. The molecule has 1 unspecified atom stereocenters. The molecule has 1 saturated heterocycles. The summed E-state index contributed by atoms with van der Waals surface area (Å²) in [7, 11) is -0.536. The summed E-state index contributed by atoms with van der Waals surface area (Å²) in [6.07, 6.45) is 0.140. The van der Waals surface area contributed by atoms with E-state index in [-0.39, 0.29) is 31.0 Å². The van der Waals surface area contributed by atoms with Gasteiger partial charge in [-0.15, -0.1) is 0 Å². The molecule has 1 aromatic rings. The number of para-hydroxylation sites is 1. The van der Waals surface area contributed by atoms with Gasteiger partial charge in [-0.25, -0.2) is 22.4 Å². The van der Waals surface area contributed by atoms with Crippen molar-refractivity contribution in [3.63, 3.8) is 0 Å². The van der Waals surface area contributed by atoms with Crippen molar-refractivity contribution < 1.29 is 22.8 Å². The van der Waals surface area contributed by atoms with E-state index < -0.39 is 28.0 Å². The van der Waals surface area contributed by atoms with Crippen molar-refractivity contribution in [2.45, 2.75) is 18.9 Å². The molecule has 0 aromatic heterocycles. The lowest BCUT2D eigenvalue weighted by atomic mass is 10.1. The molecule has 1 fully saturated rings. The minimum absolute atomic E-state index is 0.00132. The third-order valence-electron chi connectivity index (χ3n) is 3.93. The predicted octanol–water partition coefficient (Wildman–Crippen LogP) is -0.101. The average Bonchev–Trinajstić information content (AvgIpc) is 2.87. The van der Waals surface area contributed by atoms with Crippen LogP contribution in [0.4, 0.5) is 10.5 Å². The highest BCUT2D eigenvalue weighted by molar-refractivity contribution is 7.89. The average molecular weight is 382 g/mol. The van der Waals surface area contributed by atoms with Crippen molar-refractivity contribution in [3.8, 4) is 0 Å². The van der Waals surface area contributed by atoms with Gasteiger partial charge < -0.3 is 10.6 Å². The summed E-state index contributed by atoms with van der Waals surface area (Å²) < 4.78 is 24.3. The van der Waals surface area contributed by atoms with E-state index in [0.717, 1.165) is 9.21 Å². The molecule has 142 valence electrons. The van der Waals surface area contributed by atoms with E-state index in [1.165, 1.54) is 14.1 Å². The summed E-state index contributed by atoms with van der Waals surface area (Å²) >= 11 is 0. The van der Waals surface area contributed by atoms with Crippen molar-refractivity contribution in [3.05, 3.63) is 30.3 Å². The van der Waals surface area contributed by atoms with Gasteiger partial charge in [0.1, 0.15) is 6.04 Å². The lowest BCUT2D eigenvalue weighted by Gasteiger charge is -2.13. The molecule has 1 atom stereocenters. The van der Waals surface area contributed by atoms with Crippen LogP contribution in [0.5, 0.6) is 0 Å². The number of amides is 4. The second-order valence-electron chi connectivity index (χ2n) is 6.00. The molecule has 2 rings (SSSR count). The van der Waals surface area contributed by atoms with Crippen LogP contribution in [0.1, 0.15) is 12.8 Å². The monoisotopic (exact) mass is 382 g/mol. The predicted molar refractivity (Wildman–Crippen MR) is 96.0 cm³/mol. The lowest BCUT2D eigenvalue weighted by Crippen LogP contribution is -2.35. The van der Waals surface area contributed by atoms with Crippen LogP contribution in [0.2, 0.25) is 0 Å². The van der Waals surface area contributed by atoms with Gasteiger partial charge in [-0.2, -0.15) is 0 Å². The van der Waals surface area contributed by atoms with E-state index in [1.54, 1.807) is 30.3 Å². The van der Waals surface area contributed by atoms with Crippen LogP contribution < -0.4 is 15.5 Å². The molecule has 2 N–H and O–H groups in total. The van der Waals surface area contributed by atoms with E-state index in [9.17, 15) is 22.8 Å². The van der Waals surface area contributed by atoms with Gasteiger partial charge in [-0.05, 0) is 18.6 Å². The number of hydrogen-bond donors (Lipinski definition) is 2. The second kappa shape index (κ2) is 8.28. The molecular weight excluding hydrogens is 360 g/mol. The minimum atomic E-state index is -3.38. The van der Waals surface area contributed by atoms with Crippen LogP contribution in [0.25, 0.3) is 0 Å². The zero-order valence-electron chi connectivity index (χ0n) is 14.6. The zero-order valence-corrected chi connectivity index (χ0v) is 15.5. The number of rotatable bonds is 8. The van der Waals surface area contributed by atoms with Gasteiger partial charge in [0.15, 0.2) is 0 Å². The maximum atomic E-state index is 12.4. The number of sulfonamides is 1. The maximum Gasteiger partial charge on any atom is 0.329 e. The summed E-state index contributed by atoms with van der Waals surface area (Å²) in [5.41, 5.74) is 0.468. The topological polar surface area (TPSA) is 116 Å². The van der Waals surface area contributed by atoms with Crippen molar-refractivity contribution >= 4 is 33.6 Å². The van der Waals surface area contributed by atoms with E-state index in [0.29, 0.717) is 5.69 Å². The fourth-order valence-electron chi connectivity index (χ4n) is 2.41. The van der Waals surface area contributed by atoms with Gasteiger partial charge in [-0.3, -0.25) is 9.59 Å². The number of anilines is 1. The maximum absolute atomic E-state index is 12.4. The first kappa shape index (κ1) is 19.9. The van der Waals surface area contributed by atoms with Crippen LogP contribution in [-0.4, -0.2) is 63.0 Å². The number of nitrogens with zero attached hydrogens (tertiary/aromatic N) is 2. The van der Waals surface area contributed by atoms with E-state index in [1.807, 2.05) is 0 Å². The first-order valence-corrected chi connectivity index (χ1v) is 9.69. The number of hydrogen-bond acceptors (Lipinski definition) is 5. The summed E-state index contributed by atoms with van der Waals surface area (Å²) in [5.74, 6) is -0.990. The molecule has 1 aromatic carbocycles. The van der Waals surface area contributed by atoms with Gasteiger partial charge in [0.25, 0.3) is 5.91 Å². The van der Waals surface area contributed by atoms with Gasteiger partial charge in [0, 0.05) is 27.1 Å². The number of nitrogens with one attached hydrogen (secondary N) is 2. The summed E-state index contributed by atoms with van der Waals surface area (Å²) in [4.78, 5) is 37.3. The Labute approximate surface area is 152 Å². The van der Waals surface area contributed by atoms with Crippen LogP contribution in [-0.2, 0) is 19.6 Å². The molecule has 1 aliphatic heterocycles. The Balaban J connectivity index is 1.82. The molecule has 0 aliphatic carbocycles. The summed E-state index contributed by atoms with van der Waals surface area (Å²) in [6, 6.07) is 7.22. The highest BCUT2D eigenvalue weighted by Crippen LogP contribution is 2.20. The SMILES string of the molecule is CN(C)S(=O)(=O)CCNC(=O)CCC1NC(=O)N(c2ccccc2)C1=O. The standard InChI is InChI=1S/C16H22N4O5S/c1-19(2)26(24,25)11-10-17-14(21)9-8-13-15(22)20(16(23)18-13)12-6-4-3-5-7-12/h3-7,13H,8-11H2,1-2H3,(H,17,21)(H,18,23). The number of urea groups is 1. The second-order valence-corrected chi connectivity index (χ2v) is 8.30. The fourth-order valence-corrected chi connectivity index (χ4v) is 3.14. The first-order valence-electron chi connectivity index (χ1n) is 8.09. The molecule has 9 nitrogen and oxygen atoms in total. The van der Waals surface area contributed by atoms with Gasteiger partial charge >= 0.3 is 6.03 Å². The fraction of sp³-hybridized carbons (Fsp3) is 0.438. The van der Waals surface area contributed by atoms with Gasteiger partial charge in [0.2, 0.25) is 15.9 Å². The van der Waals surface area contributed by atoms with Crippen LogP contribution in [0.3, 0.4) is 0 Å². The Hall–Kier alpha value is -2.46. The minimum Gasteiger partial charge on any atom is -0.355 e. The third kappa shape index (κ3) is 4.79. The van der Waals surface area contributed by atoms with E-state index in [2.05, 4.69) is 10.6 Å². The number of benzene rings is 1. The molecule has 0 radical (unpaired) electrons. The Morgan fingerprint density at radius 3 is 2.50 bits per heavy atom. The number of imide groups is 1. The molecule has 10 heteroatoms. The largest absolute Gasteiger partial charge is 0.355 e. The van der Waals surface area contributed by atoms with Gasteiger partial charge in [-0.1, -0.05) is 18.2 Å². The van der Waals surface area contributed by atoms with Crippen LogP contribution >= 0.6 is 0 Å². The Morgan fingerprint density at radius 1 is 1.23 bits per heavy atom. The molecule has 4 amide bonds. The molecule has 0 spiro atoms. The molecule has 1 aliphatic rings. The Bertz CT molecular complexity index is 779. The molecule has 0 bridgehead atoms. The number of carbonyl (C=O) groups is 3. The van der Waals surface area contributed by atoms with Crippen molar-refractivity contribution in [2.75, 3.05) is 31.3 Å². The zero-order chi connectivity index (χ0) is 19.3. The van der Waals surface area contributed by atoms with Crippen molar-refractivity contribution in [1.29, 1.82) is 0 Å². The molecule has 26 heavy (non-hydrogen) atoms. The number of carbonyl (C=O) groups excluding carboxylic acids is 3. The van der Waals surface area contributed by atoms with Crippen LogP contribution in [0, 0.1) is 0 Å². The molecule has 1 heterocycles. The first-order chi connectivity index (χ1) is 12.2. The van der Waals surface area contributed by atoms with Crippen molar-refractivity contribution in [1.82, 2.24) is 14.9 Å². The quantitative estimate of drug-likeness (QED) is 0.609. The van der Waals surface area contributed by atoms with Crippen molar-refractivity contribution in [2.24, 2.45) is 0 Å². The summed E-state index contributed by atoms with van der Waals surface area (Å²) in [6.45, 7) is -0.0134. The Kier molecular flexibility index (Phi) is 6.32. The highest BCUT2D eigenvalue weighted by Gasteiger charge is 2.38. The third-order valence-corrected chi connectivity index (χ3v) is 5.76. The lowest BCUT2D eigenvalue weighted by molar-refractivity contribution is -0.121. The molecular formula is C16H22N4O5S. The summed E-state index contributed by atoms with van der Waals surface area (Å²) in [5, 5.41) is 5.06. The van der Waals surface area contributed by atoms with E-state index >= 15 is 0 Å².